The molecule has 0 aromatic carbocycles. The minimum atomic E-state index is -2.73. The first-order valence-electron chi connectivity index (χ1n) is 12.6. The van der Waals surface area contributed by atoms with Crippen molar-refractivity contribution in [2.24, 2.45) is 28.9 Å². The van der Waals surface area contributed by atoms with Crippen molar-refractivity contribution in [3.05, 3.63) is 25.3 Å². The molecule has 8 nitrogen and oxygen atoms in total. The second-order valence-electron chi connectivity index (χ2n) is 10.9. The zero-order chi connectivity index (χ0) is 26.8. The van der Waals surface area contributed by atoms with Crippen LogP contribution in [0.2, 0.25) is 0 Å². The van der Waals surface area contributed by atoms with Gasteiger partial charge in [0.15, 0.2) is 0 Å². The number of ketones is 1. The van der Waals surface area contributed by atoms with E-state index in [0.717, 1.165) is 0 Å². The number of hydrogen-bond donors (Lipinski definition) is 3. The van der Waals surface area contributed by atoms with Gasteiger partial charge in [-0.05, 0) is 48.9 Å². The molecule has 0 aromatic heterocycles. The van der Waals surface area contributed by atoms with Crippen LogP contribution in [0.15, 0.2) is 25.3 Å². The third-order valence-electron chi connectivity index (χ3n) is 8.24. The third-order valence-corrected chi connectivity index (χ3v) is 8.24. The Hall–Kier alpha value is -2.62. The van der Waals surface area contributed by atoms with Crippen molar-refractivity contribution in [2.75, 3.05) is 13.1 Å². The highest BCUT2D eigenvalue weighted by Crippen LogP contribution is 2.65. The van der Waals surface area contributed by atoms with Crippen LogP contribution in [0.4, 0.5) is 8.78 Å². The molecule has 3 rings (SSSR count). The minimum absolute atomic E-state index is 0.0957. The van der Waals surface area contributed by atoms with E-state index < -0.39 is 47.6 Å². The molecule has 0 spiro atoms. The quantitative estimate of drug-likeness (QED) is 0.291. The Morgan fingerprint density at radius 2 is 1.78 bits per heavy atom. The Bertz CT molecular complexity index is 912. The molecule has 3 amide bonds. The number of piperidine rings is 1. The molecule has 0 bridgehead atoms. The molecule has 10 heteroatoms. The third kappa shape index (κ3) is 5.68. The van der Waals surface area contributed by atoms with E-state index in [1.54, 1.807) is 6.08 Å². The topological polar surface area (TPSA) is 122 Å². The van der Waals surface area contributed by atoms with Crippen molar-refractivity contribution in [1.29, 1.82) is 0 Å². The monoisotopic (exact) mass is 508 g/mol. The Labute approximate surface area is 211 Å². The summed E-state index contributed by atoms with van der Waals surface area (Å²) in [6, 6.07) is -2.89. The number of nitrogens with one attached hydrogen (secondary N) is 2. The fourth-order valence-corrected chi connectivity index (χ4v) is 5.85. The molecule has 1 aliphatic heterocycles. The molecule has 2 aliphatic carbocycles. The van der Waals surface area contributed by atoms with Crippen molar-refractivity contribution in [2.45, 2.75) is 76.4 Å². The van der Waals surface area contributed by atoms with E-state index in [4.69, 9.17) is 5.73 Å². The van der Waals surface area contributed by atoms with Crippen LogP contribution in [0.5, 0.6) is 0 Å². The van der Waals surface area contributed by atoms with Crippen LogP contribution in [0.1, 0.15) is 52.4 Å². The number of halogens is 2. The normalized spacial score (nSPS) is 27.8. The van der Waals surface area contributed by atoms with Crippen LogP contribution >= 0.6 is 0 Å². The van der Waals surface area contributed by atoms with E-state index in [-0.39, 0.29) is 61.8 Å². The Balaban J connectivity index is 1.75. The van der Waals surface area contributed by atoms with Crippen LogP contribution in [0, 0.1) is 23.2 Å². The highest BCUT2D eigenvalue weighted by Gasteiger charge is 2.69. The molecule has 5 atom stereocenters. The molecule has 3 aliphatic rings. The summed E-state index contributed by atoms with van der Waals surface area (Å²) in [5.41, 5.74) is 6.09. The largest absolute Gasteiger partial charge is 0.346 e. The van der Waals surface area contributed by atoms with Crippen LogP contribution in [0.25, 0.3) is 0 Å². The molecule has 1 unspecified atom stereocenters. The first-order valence-corrected chi connectivity index (χ1v) is 12.6. The van der Waals surface area contributed by atoms with Gasteiger partial charge in [0.05, 0.1) is 12.1 Å². The highest BCUT2D eigenvalue weighted by atomic mass is 19.3. The van der Waals surface area contributed by atoms with Gasteiger partial charge >= 0.3 is 0 Å². The second-order valence-corrected chi connectivity index (χ2v) is 10.9. The number of carbonyl (C=O) groups is 4. The maximum absolute atomic E-state index is 13.6. The number of amides is 3. The molecule has 1 heterocycles. The van der Waals surface area contributed by atoms with Gasteiger partial charge in [0.2, 0.25) is 23.5 Å². The number of nitrogens with two attached hydrogens (primary N) is 1. The molecule has 36 heavy (non-hydrogen) atoms. The average molecular weight is 509 g/mol. The summed E-state index contributed by atoms with van der Waals surface area (Å²) in [6.07, 6.45) is 3.31. The smallest absolute Gasteiger partial charge is 0.289 e. The van der Waals surface area contributed by atoms with E-state index in [1.165, 1.54) is 11.0 Å². The molecule has 4 N–H and O–H groups in total. The Morgan fingerprint density at radius 1 is 1.14 bits per heavy atom. The van der Waals surface area contributed by atoms with Crippen LogP contribution < -0.4 is 16.4 Å². The molecule has 1 saturated heterocycles. The molecule has 200 valence electrons. The predicted molar refractivity (Wildman–Crippen MR) is 131 cm³/mol. The van der Waals surface area contributed by atoms with Gasteiger partial charge in [-0.1, -0.05) is 26.0 Å². The summed E-state index contributed by atoms with van der Waals surface area (Å²) in [6.45, 7) is 11.6. The Kier molecular flexibility index (Phi) is 8.37. The van der Waals surface area contributed by atoms with E-state index in [0.29, 0.717) is 13.0 Å². The molecular formula is C26H38F2N4O4. The van der Waals surface area contributed by atoms with E-state index >= 15 is 0 Å². The van der Waals surface area contributed by atoms with Crippen molar-refractivity contribution < 1.29 is 28.0 Å². The Morgan fingerprint density at radius 3 is 2.36 bits per heavy atom. The van der Waals surface area contributed by atoms with E-state index in [9.17, 15) is 28.0 Å². The number of Topliss-reactive ketones (excluding diaryl/α,β-unsaturated/α-hetero) is 1. The zero-order valence-corrected chi connectivity index (χ0v) is 21.1. The summed E-state index contributed by atoms with van der Waals surface area (Å²) in [5.74, 6) is -5.67. The van der Waals surface area contributed by atoms with Gasteiger partial charge in [0, 0.05) is 25.9 Å². The summed E-state index contributed by atoms with van der Waals surface area (Å²) >= 11 is 0. The van der Waals surface area contributed by atoms with Gasteiger partial charge in [0.25, 0.3) is 5.91 Å². The number of likely N-dealkylation sites (tertiary alicyclic amines) is 1. The van der Waals surface area contributed by atoms with Crippen molar-refractivity contribution in [1.82, 2.24) is 15.5 Å². The lowest BCUT2D eigenvalue weighted by atomic mass is 9.81. The van der Waals surface area contributed by atoms with Crippen molar-refractivity contribution in [3.63, 3.8) is 0 Å². The predicted octanol–water partition coefficient (Wildman–Crippen LogP) is 1.94. The SMILES string of the molecule is C=CCCC(NC(=O)[C@@H]1[C@@H]2[C@H](CN1C(=O)[C@@H](N)C1CCC(F)(F)CC1)C2(C)C)C(=O)C(=O)NCC=C. The number of fused-ring (bicyclic) bond motifs is 1. The standard InChI is InChI=1S/C26H38F2N4O4/c1-5-7-8-17(21(33)23(35)30-13-6-2)31-22(34)20-18-16(25(18,3)4)14-32(20)24(36)19(29)15-9-11-26(27,28)12-10-15/h5-6,15-20H,1-2,7-14,29H2,3-4H3,(H,30,35)(H,31,34)/t16-,17?,18-,19-,20-/m0/s1. The fourth-order valence-electron chi connectivity index (χ4n) is 5.85. The zero-order valence-electron chi connectivity index (χ0n) is 21.1. The fraction of sp³-hybridized carbons (Fsp3) is 0.692. The highest BCUT2D eigenvalue weighted by molar-refractivity contribution is 6.38. The molecule has 2 saturated carbocycles. The maximum atomic E-state index is 13.6. The molecule has 0 radical (unpaired) electrons. The lowest BCUT2D eigenvalue weighted by molar-refractivity contribution is -0.145. The molecular weight excluding hydrogens is 470 g/mol. The molecule has 3 fully saturated rings. The lowest BCUT2D eigenvalue weighted by Crippen LogP contribution is -2.58. The van der Waals surface area contributed by atoms with Gasteiger partial charge in [-0.3, -0.25) is 19.2 Å². The van der Waals surface area contributed by atoms with E-state index in [2.05, 4.69) is 23.8 Å². The van der Waals surface area contributed by atoms with Gasteiger partial charge in [0.1, 0.15) is 6.04 Å². The van der Waals surface area contributed by atoms with Gasteiger partial charge in [-0.25, -0.2) is 8.78 Å². The summed E-state index contributed by atoms with van der Waals surface area (Å²) in [7, 11) is 0. The van der Waals surface area contributed by atoms with Crippen LogP contribution in [-0.2, 0) is 19.2 Å². The molecule has 0 aromatic rings. The summed E-state index contributed by atoms with van der Waals surface area (Å²) < 4.78 is 27.2. The van der Waals surface area contributed by atoms with E-state index in [1.807, 2.05) is 13.8 Å². The number of allylic oxidation sites excluding steroid dienone is 1. The number of nitrogens with zero attached hydrogens (tertiary/aromatic N) is 1. The van der Waals surface area contributed by atoms with Gasteiger partial charge in [-0.15, -0.1) is 13.2 Å². The average Bonchev–Trinajstić information content (AvgIpc) is 3.17. The number of carbonyl (C=O) groups excluding carboxylic acids is 4. The van der Waals surface area contributed by atoms with Gasteiger partial charge in [-0.2, -0.15) is 0 Å². The van der Waals surface area contributed by atoms with Gasteiger partial charge < -0.3 is 21.3 Å². The first-order chi connectivity index (χ1) is 16.9. The number of rotatable bonds is 11. The number of alkyl halides is 2. The summed E-state index contributed by atoms with van der Waals surface area (Å²) in [5, 5.41) is 5.13. The first kappa shape index (κ1) is 28.0. The van der Waals surface area contributed by atoms with Crippen molar-refractivity contribution >= 4 is 23.5 Å². The number of hydrogen-bond acceptors (Lipinski definition) is 5. The minimum Gasteiger partial charge on any atom is -0.346 e. The van der Waals surface area contributed by atoms with Crippen LogP contribution in [0.3, 0.4) is 0 Å². The maximum Gasteiger partial charge on any atom is 0.289 e. The van der Waals surface area contributed by atoms with Crippen molar-refractivity contribution in [3.8, 4) is 0 Å². The summed E-state index contributed by atoms with van der Waals surface area (Å²) in [4.78, 5) is 53.4. The lowest BCUT2D eigenvalue weighted by Gasteiger charge is -2.36. The van der Waals surface area contributed by atoms with Crippen LogP contribution in [-0.4, -0.2) is 65.5 Å². The second kappa shape index (κ2) is 10.8.